The smallest absolute Gasteiger partial charge is 0.152 e. The summed E-state index contributed by atoms with van der Waals surface area (Å²) < 4.78 is 6.74. The average Bonchev–Trinajstić information content (AvgIpc) is 3.45. The number of hydrogen-bond donors (Lipinski definition) is 0. The molecule has 1 aliphatic carbocycles. The Morgan fingerprint density at radius 3 is 2.00 bits per heavy atom. The molecule has 3 aliphatic rings. The summed E-state index contributed by atoms with van der Waals surface area (Å²) >= 11 is 0. The number of nitrogens with zero attached hydrogens (tertiary/aromatic N) is 2. The van der Waals surface area contributed by atoms with Gasteiger partial charge in [0.25, 0.3) is 0 Å². The van der Waals surface area contributed by atoms with Crippen molar-refractivity contribution in [2.75, 3.05) is 9.80 Å². The van der Waals surface area contributed by atoms with Crippen LogP contribution in [0.25, 0.3) is 33.0 Å². The molecule has 11 rings (SSSR count). The number of fused-ring (bicyclic) bond motifs is 9. The minimum absolute atomic E-state index is 0.131. The molecule has 0 saturated heterocycles. The van der Waals surface area contributed by atoms with Gasteiger partial charge in [0.15, 0.2) is 11.5 Å². The van der Waals surface area contributed by atoms with Crippen LogP contribution >= 0.6 is 0 Å². The molecule has 0 atom stereocenters. The molecule has 264 valence electrons. The summed E-state index contributed by atoms with van der Waals surface area (Å²) in [5, 5.41) is 2.36. The third-order valence-electron chi connectivity index (χ3n) is 12.4. The molecule has 0 spiro atoms. The fraction of sp³-hybridized carbons (Fsp3) is 0.115. The van der Waals surface area contributed by atoms with Crippen molar-refractivity contribution in [3.8, 4) is 33.8 Å². The molecule has 8 aromatic carbocycles. The third-order valence-corrected chi connectivity index (χ3v) is 12.4. The highest BCUT2D eigenvalue weighted by Crippen LogP contribution is 2.63. The Morgan fingerprint density at radius 2 is 1.15 bits per heavy atom. The van der Waals surface area contributed by atoms with Crippen molar-refractivity contribution in [2.45, 2.75) is 38.5 Å². The van der Waals surface area contributed by atoms with Crippen molar-refractivity contribution < 1.29 is 4.74 Å². The lowest BCUT2D eigenvalue weighted by molar-refractivity contribution is 0.472. The Bertz CT molecular complexity index is 2850. The molecule has 0 unspecified atom stereocenters. The topological polar surface area (TPSA) is 15.7 Å². The molecular weight excluding hydrogens is 669 g/mol. The zero-order valence-electron chi connectivity index (χ0n) is 31.5. The number of benzene rings is 8. The van der Waals surface area contributed by atoms with Crippen molar-refractivity contribution in [3.05, 3.63) is 192 Å². The first-order valence-electron chi connectivity index (χ1n) is 19.3. The minimum Gasteiger partial charge on any atom is -0.453 e. The first-order valence-corrected chi connectivity index (χ1v) is 19.3. The molecular formula is C52H40N2O. The summed E-state index contributed by atoms with van der Waals surface area (Å²) in [6, 6.07) is 62.1. The van der Waals surface area contributed by atoms with E-state index in [9.17, 15) is 0 Å². The summed E-state index contributed by atoms with van der Waals surface area (Å²) in [6.45, 7) is 9.48. The van der Waals surface area contributed by atoms with Crippen LogP contribution in [0.3, 0.4) is 0 Å². The van der Waals surface area contributed by atoms with Gasteiger partial charge in [-0.25, -0.2) is 0 Å². The van der Waals surface area contributed by atoms with Crippen LogP contribution in [0.1, 0.15) is 49.9 Å². The molecule has 8 aromatic rings. The van der Waals surface area contributed by atoms with Crippen LogP contribution < -0.4 is 14.5 Å². The summed E-state index contributed by atoms with van der Waals surface area (Å²) in [5.74, 6) is 1.76. The molecule has 0 bridgehead atoms. The highest BCUT2D eigenvalue weighted by Gasteiger charge is 2.44. The normalized spacial score (nSPS) is 14.9. The van der Waals surface area contributed by atoms with Crippen molar-refractivity contribution in [1.29, 1.82) is 0 Å². The molecule has 0 N–H and O–H groups in total. The first-order chi connectivity index (χ1) is 26.8. The van der Waals surface area contributed by atoms with Gasteiger partial charge >= 0.3 is 0 Å². The van der Waals surface area contributed by atoms with Crippen LogP contribution in [0.4, 0.5) is 34.1 Å². The zero-order valence-corrected chi connectivity index (χ0v) is 31.5. The van der Waals surface area contributed by atoms with E-state index in [-0.39, 0.29) is 10.8 Å². The van der Waals surface area contributed by atoms with E-state index in [4.69, 9.17) is 4.74 Å². The highest BCUT2D eigenvalue weighted by molar-refractivity contribution is 6.07. The van der Waals surface area contributed by atoms with Crippen LogP contribution in [0.5, 0.6) is 11.5 Å². The molecule has 0 saturated carbocycles. The predicted molar refractivity (Wildman–Crippen MR) is 229 cm³/mol. The van der Waals surface area contributed by atoms with Gasteiger partial charge in [-0.3, -0.25) is 0 Å². The lowest BCUT2D eigenvalue weighted by Gasteiger charge is -2.47. The fourth-order valence-electron chi connectivity index (χ4n) is 9.73. The van der Waals surface area contributed by atoms with Gasteiger partial charge in [-0.05, 0) is 92.9 Å². The molecule has 3 nitrogen and oxygen atoms in total. The van der Waals surface area contributed by atoms with Gasteiger partial charge in [0.1, 0.15) is 0 Å². The van der Waals surface area contributed by atoms with Crippen molar-refractivity contribution >= 4 is 44.9 Å². The first kappa shape index (κ1) is 31.9. The number of anilines is 6. The summed E-state index contributed by atoms with van der Waals surface area (Å²) in [5.41, 5.74) is 16.6. The molecule has 2 aliphatic heterocycles. The van der Waals surface area contributed by atoms with Gasteiger partial charge in [-0.1, -0.05) is 149 Å². The van der Waals surface area contributed by atoms with Gasteiger partial charge in [-0.2, -0.15) is 0 Å². The van der Waals surface area contributed by atoms with E-state index < -0.39 is 0 Å². The standard InChI is InChI=1S/C52H40N2O/c1-51(2)41-19-11-10-18-39(41)40-30-29-37(32-43(40)51)53(36-27-24-34(25-28-36)33-14-6-5-7-15-33)44-21-13-22-45-48(44)52(3,4)42-20-12-23-46-50(42)54(45)49-38-17-9-8-16-35(38)26-31-47(49)55-46/h5-32H,1-4H3. The number of hydrogen-bond acceptors (Lipinski definition) is 3. The largest absolute Gasteiger partial charge is 0.453 e. The van der Waals surface area contributed by atoms with Crippen LogP contribution in [0, 0.1) is 0 Å². The Kier molecular flexibility index (Phi) is 6.65. The lowest BCUT2D eigenvalue weighted by Crippen LogP contribution is -2.34. The molecule has 3 heteroatoms. The number of para-hydroxylation sites is 1. The maximum atomic E-state index is 6.74. The second-order valence-electron chi connectivity index (χ2n) is 16.2. The van der Waals surface area contributed by atoms with E-state index in [1.54, 1.807) is 0 Å². The van der Waals surface area contributed by atoms with Crippen molar-refractivity contribution in [3.63, 3.8) is 0 Å². The zero-order chi connectivity index (χ0) is 37.1. The van der Waals surface area contributed by atoms with Crippen LogP contribution in [-0.2, 0) is 10.8 Å². The minimum atomic E-state index is -0.367. The van der Waals surface area contributed by atoms with E-state index >= 15 is 0 Å². The Labute approximate surface area is 322 Å². The summed E-state index contributed by atoms with van der Waals surface area (Å²) in [6.07, 6.45) is 0. The molecule has 0 aromatic heterocycles. The van der Waals surface area contributed by atoms with E-state index in [0.717, 1.165) is 39.9 Å². The molecule has 0 radical (unpaired) electrons. The van der Waals surface area contributed by atoms with Crippen molar-refractivity contribution in [1.82, 2.24) is 0 Å². The van der Waals surface area contributed by atoms with Crippen LogP contribution in [0.2, 0.25) is 0 Å². The fourth-order valence-corrected chi connectivity index (χ4v) is 9.73. The summed E-state index contributed by atoms with van der Waals surface area (Å²) in [7, 11) is 0. The molecule has 55 heavy (non-hydrogen) atoms. The number of ether oxygens (including phenoxy) is 1. The summed E-state index contributed by atoms with van der Waals surface area (Å²) in [4.78, 5) is 4.98. The second kappa shape index (κ2) is 11.5. The van der Waals surface area contributed by atoms with Crippen molar-refractivity contribution in [2.24, 2.45) is 0 Å². The van der Waals surface area contributed by atoms with Gasteiger partial charge in [-0.15, -0.1) is 0 Å². The van der Waals surface area contributed by atoms with E-state index in [0.29, 0.717) is 0 Å². The maximum Gasteiger partial charge on any atom is 0.152 e. The van der Waals surface area contributed by atoms with Gasteiger partial charge in [0.05, 0.1) is 22.7 Å². The monoisotopic (exact) mass is 708 g/mol. The van der Waals surface area contributed by atoms with Gasteiger partial charge in [0, 0.05) is 33.2 Å². The Morgan fingerprint density at radius 1 is 0.473 bits per heavy atom. The number of rotatable bonds is 4. The maximum absolute atomic E-state index is 6.74. The molecule has 2 heterocycles. The van der Waals surface area contributed by atoms with E-state index in [2.05, 4.69) is 207 Å². The second-order valence-corrected chi connectivity index (χ2v) is 16.2. The Balaban J connectivity index is 1.17. The third kappa shape index (κ3) is 4.50. The molecule has 0 amide bonds. The van der Waals surface area contributed by atoms with E-state index in [1.807, 2.05) is 0 Å². The Hall–Kier alpha value is -6.58. The highest BCUT2D eigenvalue weighted by atomic mass is 16.5. The quantitative estimate of drug-likeness (QED) is 0.181. The van der Waals surface area contributed by atoms with Crippen LogP contribution in [-0.4, -0.2) is 0 Å². The van der Waals surface area contributed by atoms with E-state index in [1.165, 1.54) is 61.0 Å². The predicted octanol–water partition coefficient (Wildman–Crippen LogP) is 14.5. The van der Waals surface area contributed by atoms with Crippen LogP contribution in [0.15, 0.2) is 170 Å². The molecule has 0 fully saturated rings. The lowest BCUT2D eigenvalue weighted by atomic mass is 9.72. The average molecular weight is 709 g/mol. The SMILES string of the molecule is CC1(C)c2ccccc2-c2ccc(N(c3ccc(-c4ccccc4)cc3)c3cccc4c3C(C)(C)c3cccc5c3N4c3c(ccc4ccccc34)O5)cc21. The van der Waals surface area contributed by atoms with Gasteiger partial charge < -0.3 is 14.5 Å². The van der Waals surface area contributed by atoms with Gasteiger partial charge in [0.2, 0.25) is 0 Å².